The lowest BCUT2D eigenvalue weighted by molar-refractivity contribution is -0.120. The highest BCUT2D eigenvalue weighted by Crippen LogP contribution is 2.16. The minimum Gasteiger partial charge on any atom is -0.489 e. The van der Waals surface area contributed by atoms with Gasteiger partial charge in [0.25, 0.3) is 0 Å². The predicted octanol–water partition coefficient (Wildman–Crippen LogP) is 2.84. The molecule has 1 amide bonds. The fraction of sp³-hybridized carbons (Fsp3) is 0.350. The zero-order valence-corrected chi connectivity index (χ0v) is 14.6. The molecule has 2 aromatic carbocycles. The first kappa shape index (κ1) is 18.0. The van der Waals surface area contributed by atoms with Crippen molar-refractivity contribution in [2.75, 3.05) is 13.6 Å². The number of nitrogens with one attached hydrogen (secondary N) is 2. The Kier molecular flexibility index (Phi) is 6.82. The molecule has 0 bridgehead atoms. The lowest BCUT2D eigenvalue weighted by Gasteiger charge is -2.12. The number of aryl methyl sites for hydroxylation is 1. The zero-order chi connectivity index (χ0) is 17.4. The van der Waals surface area contributed by atoms with Crippen molar-refractivity contribution in [3.05, 3.63) is 65.2 Å². The molecule has 0 fully saturated rings. The Balaban J connectivity index is 1.88. The summed E-state index contributed by atoms with van der Waals surface area (Å²) in [5, 5.41) is 6.02. The van der Waals surface area contributed by atoms with Crippen LogP contribution in [-0.4, -0.2) is 25.5 Å². The van der Waals surface area contributed by atoms with Gasteiger partial charge in [0.15, 0.2) is 0 Å². The van der Waals surface area contributed by atoms with Crippen molar-refractivity contribution < 1.29 is 9.53 Å². The Morgan fingerprint density at radius 1 is 1.12 bits per heavy atom. The predicted molar refractivity (Wildman–Crippen MR) is 97.2 cm³/mol. The minimum atomic E-state index is 0.0212. The standard InChI is InChI=1S/C20H26N2O2/c1-15-6-4-8-18(10-15)14-24-19-9-5-7-17(11-19)12-20(23)22-13-16(2)21-3/h4-11,16,21H,12-14H2,1-3H3,(H,22,23). The Hall–Kier alpha value is -2.33. The summed E-state index contributed by atoms with van der Waals surface area (Å²) in [5.74, 6) is 0.804. The molecule has 2 rings (SSSR count). The van der Waals surface area contributed by atoms with Crippen LogP contribution in [0.5, 0.6) is 5.75 Å². The fourth-order valence-corrected chi connectivity index (χ4v) is 2.33. The average Bonchev–Trinajstić information content (AvgIpc) is 2.58. The van der Waals surface area contributed by atoms with Gasteiger partial charge in [0, 0.05) is 12.6 Å². The third-order valence-corrected chi connectivity index (χ3v) is 3.85. The second kappa shape index (κ2) is 9.08. The average molecular weight is 326 g/mol. The molecule has 4 heteroatoms. The van der Waals surface area contributed by atoms with Crippen LogP contribution in [0.25, 0.3) is 0 Å². The molecule has 0 spiro atoms. The van der Waals surface area contributed by atoms with Crippen molar-refractivity contribution in [1.29, 1.82) is 0 Å². The summed E-state index contributed by atoms with van der Waals surface area (Å²) in [6, 6.07) is 16.2. The van der Waals surface area contributed by atoms with E-state index in [2.05, 4.69) is 29.7 Å². The lowest BCUT2D eigenvalue weighted by Crippen LogP contribution is -2.37. The molecule has 4 nitrogen and oxygen atoms in total. The molecule has 2 aromatic rings. The zero-order valence-electron chi connectivity index (χ0n) is 14.6. The number of hydrogen-bond acceptors (Lipinski definition) is 3. The quantitative estimate of drug-likeness (QED) is 0.784. The topological polar surface area (TPSA) is 50.4 Å². The maximum Gasteiger partial charge on any atom is 0.224 e. The van der Waals surface area contributed by atoms with Crippen LogP contribution in [0.1, 0.15) is 23.6 Å². The van der Waals surface area contributed by atoms with Crippen LogP contribution in [0, 0.1) is 6.92 Å². The first-order valence-electron chi connectivity index (χ1n) is 8.28. The summed E-state index contributed by atoms with van der Waals surface area (Å²) in [5.41, 5.74) is 3.31. The molecule has 1 unspecified atom stereocenters. The highest BCUT2D eigenvalue weighted by molar-refractivity contribution is 5.78. The van der Waals surface area contributed by atoms with Gasteiger partial charge in [-0.25, -0.2) is 0 Å². The number of amides is 1. The Labute approximate surface area is 144 Å². The number of carbonyl (C=O) groups is 1. The molecule has 0 saturated heterocycles. The molecular formula is C20H26N2O2. The van der Waals surface area contributed by atoms with Gasteiger partial charge in [-0.05, 0) is 44.2 Å². The van der Waals surface area contributed by atoms with E-state index in [-0.39, 0.29) is 11.9 Å². The number of benzene rings is 2. The van der Waals surface area contributed by atoms with Crippen LogP contribution >= 0.6 is 0 Å². The van der Waals surface area contributed by atoms with Gasteiger partial charge in [-0.2, -0.15) is 0 Å². The molecule has 128 valence electrons. The van der Waals surface area contributed by atoms with E-state index in [1.54, 1.807) is 0 Å². The molecule has 2 N–H and O–H groups in total. The van der Waals surface area contributed by atoms with Gasteiger partial charge < -0.3 is 15.4 Å². The van der Waals surface area contributed by atoms with Gasteiger partial charge >= 0.3 is 0 Å². The fourth-order valence-electron chi connectivity index (χ4n) is 2.33. The molecule has 0 heterocycles. The van der Waals surface area contributed by atoms with Crippen LogP contribution in [0.4, 0.5) is 0 Å². The van der Waals surface area contributed by atoms with Crippen molar-refractivity contribution in [3.63, 3.8) is 0 Å². The molecule has 24 heavy (non-hydrogen) atoms. The largest absolute Gasteiger partial charge is 0.489 e. The maximum absolute atomic E-state index is 12.0. The van der Waals surface area contributed by atoms with Gasteiger partial charge in [0.1, 0.15) is 12.4 Å². The molecule has 0 aliphatic heterocycles. The van der Waals surface area contributed by atoms with Crippen molar-refractivity contribution in [2.45, 2.75) is 32.9 Å². The second-order valence-electron chi connectivity index (χ2n) is 6.10. The number of likely N-dealkylation sites (N-methyl/N-ethyl adjacent to an activating group) is 1. The molecule has 0 saturated carbocycles. The van der Waals surface area contributed by atoms with Crippen molar-refractivity contribution >= 4 is 5.91 Å². The molecule has 1 atom stereocenters. The third kappa shape index (κ3) is 6.05. The summed E-state index contributed by atoms with van der Waals surface area (Å²) in [4.78, 5) is 12.0. The first-order valence-corrected chi connectivity index (χ1v) is 8.28. The van der Waals surface area contributed by atoms with E-state index >= 15 is 0 Å². The van der Waals surface area contributed by atoms with Gasteiger partial charge in [0.2, 0.25) is 5.91 Å². The minimum absolute atomic E-state index is 0.0212. The highest BCUT2D eigenvalue weighted by atomic mass is 16.5. The molecule has 0 aliphatic carbocycles. The highest BCUT2D eigenvalue weighted by Gasteiger charge is 2.06. The Morgan fingerprint density at radius 3 is 2.62 bits per heavy atom. The summed E-state index contributed by atoms with van der Waals surface area (Å²) >= 11 is 0. The molecule has 0 aromatic heterocycles. The summed E-state index contributed by atoms with van der Waals surface area (Å²) in [6.45, 7) is 5.24. The summed E-state index contributed by atoms with van der Waals surface area (Å²) in [6.07, 6.45) is 0.359. The van der Waals surface area contributed by atoms with Crippen LogP contribution in [-0.2, 0) is 17.8 Å². The summed E-state index contributed by atoms with van der Waals surface area (Å²) < 4.78 is 5.84. The van der Waals surface area contributed by atoms with Crippen molar-refractivity contribution in [2.24, 2.45) is 0 Å². The number of hydrogen-bond donors (Lipinski definition) is 2. The monoisotopic (exact) mass is 326 g/mol. The number of ether oxygens (including phenoxy) is 1. The van der Waals surface area contributed by atoms with Crippen molar-refractivity contribution in [1.82, 2.24) is 10.6 Å². The smallest absolute Gasteiger partial charge is 0.224 e. The van der Waals surface area contributed by atoms with E-state index in [1.165, 1.54) is 5.56 Å². The third-order valence-electron chi connectivity index (χ3n) is 3.85. The first-order chi connectivity index (χ1) is 11.6. The number of carbonyl (C=O) groups excluding carboxylic acids is 1. The SMILES string of the molecule is CNC(C)CNC(=O)Cc1cccc(OCc2cccc(C)c2)c1. The second-order valence-corrected chi connectivity index (χ2v) is 6.10. The van der Waals surface area contributed by atoms with Crippen LogP contribution in [0.2, 0.25) is 0 Å². The molecular weight excluding hydrogens is 300 g/mol. The van der Waals surface area contributed by atoms with E-state index < -0.39 is 0 Å². The van der Waals surface area contributed by atoms with Gasteiger partial charge in [-0.1, -0.05) is 42.0 Å². The lowest BCUT2D eigenvalue weighted by atomic mass is 10.1. The van der Waals surface area contributed by atoms with E-state index in [0.29, 0.717) is 19.6 Å². The normalized spacial score (nSPS) is 11.8. The van der Waals surface area contributed by atoms with Gasteiger partial charge in [0.05, 0.1) is 6.42 Å². The van der Waals surface area contributed by atoms with E-state index in [4.69, 9.17) is 4.74 Å². The Morgan fingerprint density at radius 2 is 1.88 bits per heavy atom. The molecule has 0 aliphatic rings. The van der Waals surface area contributed by atoms with Crippen LogP contribution in [0.15, 0.2) is 48.5 Å². The summed E-state index contributed by atoms with van der Waals surface area (Å²) in [7, 11) is 1.88. The van der Waals surface area contributed by atoms with Gasteiger partial charge in [-0.3, -0.25) is 4.79 Å². The maximum atomic E-state index is 12.0. The van der Waals surface area contributed by atoms with E-state index in [9.17, 15) is 4.79 Å². The Bertz CT molecular complexity index is 670. The van der Waals surface area contributed by atoms with E-state index in [0.717, 1.165) is 16.9 Å². The van der Waals surface area contributed by atoms with Crippen LogP contribution < -0.4 is 15.4 Å². The van der Waals surface area contributed by atoms with Crippen molar-refractivity contribution in [3.8, 4) is 5.75 Å². The van der Waals surface area contributed by atoms with E-state index in [1.807, 2.05) is 50.4 Å². The van der Waals surface area contributed by atoms with Crippen LogP contribution in [0.3, 0.4) is 0 Å². The number of rotatable bonds is 8. The van der Waals surface area contributed by atoms with Gasteiger partial charge in [-0.15, -0.1) is 0 Å². The molecule has 0 radical (unpaired) electrons.